The molecule has 7 nitrogen and oxygen atoms in total. The van der Waals surface area contributed by atoms with Crippen LogP contribution in [-0.2, 0) is 6.42 Å². The van der Waals surface area contributed by atoms with E-state index in [2.05, 4.69) is 15.3 Å². The Morgan fingerprint density at radius 2 is 2.12 bits per heavy atom. The second kappa shape index (κ2) is 6.20. The topological polar surface area (TPSA) is 88.3 Å². The van der Waals surface area contributed by atoms with Gasteiger partial charge in [-0.3, -0.25) is 14.6 Å². The minimum atomic E-state index is -0.352. The number of rotatable bonds is 3. The number of furan rings is 1. The lowest BCUT2D eigenvalue weighted by Gasteiger charge is -2.16. The van der Waals surface area contributed by atoms with Crippen molar-refractivity contribution >= 4 is 23.2 Å². The van der Waals surface area contributed by atoms with Crippen LogP contribution in [-0.4, -0.2) is 28.3 Å². The first-order valence-corrected chi connectivity index (χ1v) is 7.78. The van der Waals surface area contributed by atoms with Crippen LogP contribution >= 0.6 is 0 Å². The number of nitrogens with one attached hydrogen (secondary N) is 1. The Labute approximate surface area is 143 Å². The summed E-state index contributed by atoms with van der Waals surface area (Å²) in [7, 11) is 0. The largest absolute Gasteiger partial charge is 0.459 e. The molecule has 0 aliphatic carbocycles. The Kier molecular flexibility index (Phi) is 3.74. The molecule has 0 unspecified atom stereocenters. The Balaban J connectivity index is 1.58. The van der Waals surface area contributed by atoms with E-state index in [1.54, 1.807) is 23.1 Å². The van der Waals surface area contributed by atoms with Crippen molar-refractivity contribution in [1.82, 2.24) is 9.97 Å². The Hall–Kier alpha value is -3.48. The number of hydrogen-bond acceptors (Lipinski definition) is 5. The molecule has 4 rings (SSSR count). The summed E-state index contributed by atoms with van der Waals surface area (Å²) in [6.45, 7) is 0.580. The number of benzene rings is 1. The molecule has 1 N–H and O–H groups in total. The van der Waals surface area contributed by atoms with Crippen molar-refractivity contribution < 1.29 is 14.0 Å². The number of amides is 2. The van der Waals surface area contributed by atoms with Gasteiger partial charge in [-0.1, -0.05) is 6.07 Å². The zero-order valence-corrected chi connectivity index (χ0v) is 13.2. The van der Waals surface area contributed by atoms with Crippen LogP contribution in [0.15, 0.2) is 59.6 Å². The molecule has 2 aromatic heterocycles. The van der Waals surface area contributed by atoms with Crippen LogP contribution in [0.25, 0.3) is 0 Å². The van der Waals surface area contributed by atoms with Crippen molar-refractivity contribution in [3.05, 3.63) is 72.2 Å². The lowest BCUT2D eigenvalue weighted by Crippen LogP contribution is -2.28. The van der Waals surface area contributed by atoms with E-state index >= 15 is 0 Å². The third kappa shape index (κ3) is 2.87. The van der Waals surface area contributed by atoms with Crippen molar-refractivity contribution in [3.63, 3.8) is 0 Å². The molecular weight excluding hydrogens is 320 g/mol. The third-order valence-corrected chi connectivity index (χ3v) is 4.01. The number of anilines is 2. The molecule has 0 atom stereocenters. The lowest BCUT2D eigenvalue weighted by atomic mass is 10.1. The monoisotopic (exact) mass is 334 g/mol. The van der Waals surface area contributed by atoms with Crippen molar-refractivity contribution in [1.29, 1.82) is 0 Å². The van der Waals surface area contributed by atoms with Gasteiger partial charge >= 0.3 is 0 Å². The highest BCUT2D eigenvalue weighted by Gasteiger charge is 2.27. The van der Waals surface area contributed by atoms with Gasteiger partial charge < -0.3 is 14.6 Å². The van der Waals surface area contributed by atoms with E-state index in [1.807, 2.05) is 12.1 Å². The summed E-state index contributed by atoms with van der Waals surface area (Å²) in [5.41, 5.74) is 2.65. The first-order chi connectivity index (χ1) is 12.2. The predicted molar refractivity (Wildman–Crippen MR) is 90.5 cm³/mol. The molecule has 1 aliphatic rings. The van der Waals surface area contributed by atoms with E-state index in [1.165, 1.54) is 24.9 Å². The second-order valence-corrected chi connectivity index (χ2v) is 5.57. The van der Waals surface area contributed by atoms with Crippen LogP contribution in [0.2, 0.25) is 0 Å². The highest BCUT2D eigenvalue weighted by Crippen LogP contribution is 2.32. The van der Waals surface area contributed by atoms with Gasteiger partial charge in [0.1, 0.15) is 5.69 Å². The van der Waals surface area contributed by atoms with Gasteiger partial charge in [0.25, 0.3) is 11.8 Å². The summed E-state index contributed by atoms with van der Waals surface area (Å²) in [5.74, 6) is -0.252. The van der Waals surface area contributed by atoms with Crippen LogP contribution in [0.1, 0.15) is 26.6 Å². The maximum absolute atomic E-state index is 12.6. The molecule has 0 saturated heterocycles. The first-order valence-electron chi connectivity index (χ1n) is 7.78. The number of carbonyl (C=O) groups excluding carboxylic acids is 2. The van der Waals surface area contributed by atoms with Crippen LogP contribution < -0.4 is 10.2 Å². The highest BCUT2D eigenvalue weighted by atomic mass is 16.3. The lowest BCUT2D eigenvalue weighted by molar-refractivity contribution is 0.0962. The third-order valence-electron chi connectivity index (χ3n) is 4.01. The summed E-state index contributed by atoms with van der Waals surface area (Å²) >= 11 is 0. The molecule has 3 heterocycles. The maximum Gasteiger partial charge on any atom is 0.293 e. The standard InChI is InChI=1S/C18H14N4O3/c23-17(14-11-19-6-7-20-14)21-13-4-3-12-5-8-22(15(12)10-13)18(24)16-2-1-9-25-16/h1-4,6-7,9-11H,5,8H2,(H,21,23). The minimum absolute atomic E-state index is 0.193. The van der Waals surface area contributed by atoms with Crippen LogP contribution in [0, 0.1) is 0 Å². The van der Waals surface area contributed by atoms with E-state index in [-0.39, 0.29) is 17.5 Å². The van der Waals surface area contributed by atoms with Gasteiger partial charge in [0.2, 0.25) is 0 Å². The van der Waals surface area contributed by atoms with Crippen molar-refractivity contribution in [2.75, 3.05) is 16.8 Å². The average Bonchev–Trinajstić information content (AvgIpc) is 3.31. The normalized spacial score (nSPS) is 12.7. The van der Waals surface area contributed by atoms with Crippen LogP contribution in [0.5, 0.6) is 0 Å². The summed E-state index contributed by atoms with van der Waals surface area (Å²) in [6.07, 6.45) is 6.60. The molecule has 0 radical (unpaired) electrons. The highest BCUT2D eigenvalue weighted by molar-refractivity contribution is 6.07. The summed E-state index contributed by atoms with van der Waals surface area (Å²) < 4.78 is 5.20. The van der Waals surface area contributed by atoms with E-state index in [4.69, 9.17) is 4.42 Å². The van der Waals surface area contributed by atoms with Gasteiger partial charge in [-0.05, 0) is 36.2 Å². The number of hydrogen-bond donors (Lipinski definition) is 1. The first kappa shape index (κ1) is 15.1. The molecule has 7 heteroatoms. The van der Waals surface area contributed by atoms with Crippen LogP contribution in [0.3, 0.4) is 0 Å². The van der Waals surface area contributed by atoms with E-state index in [9.17, 15) is 9.59 Å². The molecule has 124 valence electrons. The molecular formula is C18H14N4O3. The zero-order chi connectivity index (χ0) is 17.2. The van der Waals surface area contributed by atoms with E-state index in [0.717, 1.165) is 17.7 Å². The van der Waals surface area contributed by atoms with Gasteiger partial charge in [0, 0.05) is 30.3 Å². The summed E-state index contributed by atoms with van der Waals surface area (Å²) in [4.78, 5) is 34.3. The fourth-order valence-corrected chi connectivity index (χ4v) is 2.81. The van der Waals surface area contributed by atoms with Crippen molar-refractivity contribution in [2.45, 2.75) is 6.42 Å². The smallest absolute Gasteiger partial charge is 0.293 e. The quantitative estimate of drug-likeness (QED) is 0.795. The predicted octanol–water partition coefficient (Wildman–Crippen LogP) is 2.52. The zero-order valence-electron chi connectivity index (χ0n) is 13.2. The summed E-state index contributed by atoms with van der Waals surface area (Å²) in [6, 6.07) is 8.84. The molecule has 2 amide bonds. The molecule has 3 aromatic rings. The number of nitrogens with zero attached hydrogens (tertiary/aromatic N) is 3. The van der Waals surface area contributed by atoms with E-state index < -0.39 is 0 Å². The van der Waals surface area contributed by atoms with Gasteiger partial charge in [0.15, 0.2) is 5.76 Å². The minimum Gasteiger partial charge on any atom is -0.459 e. The van der Waals surface area contributed by atoms with Crippen LogP contribution in [0.4, 0.5) is 11.4 Å². The Morgan fingerprint density at radius 3 is 2.88 bits per heavy atom. The van der Waals surface area contributed by atoms with Gasteiger partial charge in [-0.2, -0.15) is 0 Å². The maximum atomic E-state index is 12.6. The van der Waals surface area contributed by atoms with Gasteiger partial charge in [0.05, 0.1) is 12.5 Å². The fraction of sp³-hybridized carbons (Fsp3) is 0.111. The Bertz CT molecular complexity index is 923. The fourth-order valence-electron chi connectivity index (χ4n) is 2.81. The molecule has 0 bridgehead atoms. The molecule has 25 heavy (non-hydrogen) atoms. The SMILES string of the molecule is O=C(Nc1ccc2c(c1)N(C(=O)c1ccco1)CC2)c1cnccn1. The molecule has 1 aromatic carbocycles. The number of fused-ring (bicyclic) bond motifs is 1. The van der Waals surface area contributed by atoms with Crippen molar-refractivity contribution in [2.24, 2.45) is 0 Å². The number of aromatic nitrogens is 2. The summed E-state index contributed by atoms with van der Waals surface area (Å²) in [5, 5.41) is 2.78. The van der Waals surface area contributed by atoms with E-state index in [0.29, 0.717) is 18.0 Å². The number of carbonyl (C=O) groups is 2. The molecule has 0 fully saturated rings. The second-order valence-electron chi connectivity index (χ2n) is 5.57. The average molecular weight is 334 g/mol. The van der Waals surface area contributed by atoms with Gasteiger partial charge in [-0.15, -0.1) is 0 Å². The molecule has 0 saturated carbocycles. The molecule has 0 spiro atoms. The molecule has 1 aliphatic heterocycles. The Morgan fingerprint density at radius 1 is 1.20 bits per heavy atom. The van der Waals surface area contributed by atoms with Gasteiger partial charge in [-0.25, -0.2) is 4.98 Å². The van der Waals surface area contributed by atoms with Crippen molar-refractivity contribution in [3.8, 4) is 0 Å².